The number of hydrogen-bond acceptors (Lipinski definition) is 6. The summed E-state index contributed by atoms with van der Waals surface area (Å²) < 4.78 is 0. The fourth-order valence-corrected chi connectivity index (χ4v) is 2.51. The summed E-state index contributed by atoms with van der Waals surface area (Å²) in [6, 6.07) is 0. The first-order valence-electron chi connectivity index (χ1n) is 7.87. The molecule has 2 heterocycles. The molecule has 4 N–H and O–H groups in total. The van der Waals surface area contributed by atoms with E-state index in [1.807, 2.05) is 0 Å². The Morgan fingerprint density at radius 3 is 1.15 bits per heavy atom. The van der Waals surface area contributed by atoms with Gasteiger partial charge in [0, 0.05) is 78.5 Å². The first kappa shape index (κ1) is 17.8. The van der Waals surface area contributed by atoms with Crippen molar-refractivity contribution in [3.8, 4) is 0 Å². The lowest BCUT2D eigenvalue weighted by molar-refractivity contribution is 0.138. The topological polar surface area (TPSA) is 65.0 Å². The Labute approximate surface area is 124 Å². The third kappa shape index (κ3) is 7.52. The maximum atomic E-state index is 5.48. The Bertz CT molecular complexity index is 198. The van der Waals surface area contributed by atoms with E-state index < -0.39 is 0 Å². The number of likely N-dealkylation sites (N-methyl/N-ethyl adjacent to an activating group) is 2. The van der Waals surface area contributed by atoms with Gasteiger partial charge in [0.2, 0.25) is 0 Å². The molecule has 0 atom stereocenters. The largest absolute Gasteiger partial charge is 0.329 e. The van der Waals surface area contributed by atoms with E-state index in [-0.39, 0.29) is 0 Å². The van der Waals surface area contributed by atoms with Gasteiger partial charge in [0.15, 0.2) is 0 Å². The molecule has 0 aliphatic carbocycles. The lowest BCUT2D eigenvalue weighted by atomic mass is 10.3. The molecule has 120 valence electrons. The molecule has 0 amide bonds. The van der Waals surface area contributed by atoms with Gasteiger partial charge in [-0.2, -0.15) is 0 Å². The second kappa shape index (κ2) is 10.5. The highest BCUT2D eigenvalue weighted by molar-refractivity contribution is 4.71. The van der Waals surface area contributed by atoms with Crippen molar-refractivity contribution in [2.24, 2.45) is 11.5 Å². The SMILES string of the molecule is CN1CCN(C)CC1.NCCN1CCN(CCN)CC1. The number of hydrogen-bond donors (Lipinski definition) is 2. The van der Waals surface area contributed by atoms with Crippen molar-refractivity contribution >= 4 is 0 Å². The molecule has 0 aromatic carbocycles. The maximum absolute atomic E-state index is 5.48. The minimum atomic E-state index is 0.775. The first-order chi connectivity index (χ1) is 9.65. The van der Waals surface area contributed by atoms with Gasteiger partial charge in [-0.15, -0.1) is 0 Å². The van der Waals surface area contributed by atoms with Crippen molar-refractivity contribution in [3.05, 3.63) is 0 Å². The standard InChI is InChI=1S/C8H20N4.C6H14N2/c9-1-3-11-5-7-12(4-2-10)8-6-11;1-7-3-5-8(2)6-4-7/h1-10H2;3-6H2,1-2H3. The lowest BCUT2D eigenvalue weighted by Crippen LogP contribution is -2.48. The van der Waals surface area contributed by atoms with Crippen LogP contribution in [0.5, 0.6) is 0 Å². The van der Waals surface area contributed by atoms with Crippen molar-refractivity contribution < 1.29 is 0 Å². The fourth-order valence-electron chi connectivity index (χ4n) is 2.51. The predicted octanol–water partition coefficient (Wildman–Crippen LogP) is -1.61. The second-order valence-electron chi connectivity index (χ2n) is 5.87. The second-order valence-corrected chi connectivity index (χ2v) is 5.87. The van der Waals surface area contributed by atoms with E-state index in [1.165, 1.54) is 26.2 Å². The molecule has 6 heteroatoms. The van der Waals surface area contributed by atoms with E-state index in [2.05, 4.69) is 33.7 Å². The predicted molar refractivity (Wildman–Crippen MR) is 86.0 cm³/mol. The average molecular weight is 286 g/mol. The summed E-state index contributed by atoms with van der Waals surface area (Å²) in [6.45, 7) is 13.2. The van der Waals surface area contributed by atoms with Crippen LogP contribution in [-0.2, 0) is 0 Å². The molecule has 0 spiro atoms. The van der Waals surface area contributed by atoms with Crippen LogP contribution in [-0.4, -0.2) is 112 Å². The van der Waals surface area contributed by atoms with E-state index in [0.29, 0.717) is 0 Å². The van der Waals surface area contributed by atoms with Gasteiger partial charge in [0.25, 0.3) is 0 Å². The zero-order chi connectivity index (χ0) is 14.8. The quantitative estimate of drug-likeness (QED) is 0.648. The van der Waals surface area contributed by atoms with Crippen LogP contribution in [0.2, 0.25) is 0 Å². The molecule has 2 saturated heterocycles. The van der Waals surface area contributed by atoms with Crippen molar-refractivity contribution in [2.75, 3.05) is 92.6 Å². The van der Waals surface area contributed by atoms with Gasteiger partial charge in [-0.1, -0.05) is 0 Å². The average Bonchev–Trinajstić information content (AvgIpc) is 2.46. The van der Waals surface area contributed by atoms with Crippen LogP contribution in [0.1, 0.15) is 0 Å². The van der Waals surface area contributed by atoms with E-state index in [1.54, 1.807) is 0 Å². The summed E-state index contributed by atoms with van der Waals surface area (Å²) >= 11 is 0. The lowest BCUT2D eigenvalue weighted by Gasteiger charge is -2.34. The van der Waals surface area contributed by atoms with E-state index in [4.69, 9.17) is 11.5 Å². The van der Waals surface area contributed by atoms with Gasteiger partial charge in [-0.25, -0.2) is 0 Å². The first-order valence-corrected chi connectivity index (χ1v) is 7.87. The molecule has 0 radical (unpaired) electrons. The van der Waals surface area contributed by atoms with Crippen molar-refractivity contribution in [1.82, 2.24) is 19.6 Å². The van der Waals surface area contributed by atoms with Gasteiger partial charge in [-0.05, 0) is 14.1 Å². The normalized spacial score (nSPS) is 23.4. The van der Waals surface area contributed by atoms with E-state index in [0.717, 1.165) is 52.4 Å². The monoisotopic (exact) mass is 286 g/mol. The number of nitrogens with zero attached hydrogens (tertiary/aromatic N) is 4. The molecule has 2 aliphatic heterocycles. The zero-order valence-corrected chi connectivity index (χ0v) is 13.4. The number of nitrogens with two attached hydrogens (primary N) is 2. The number of rotatable bonds is 4. The minimum absolute atomic E-state index is 0.775. The highest BCUT2D eigenvalue weighted by Gasteiger charge is 2.14. The summed E-state index contributed by atoms with van der Waals surface area (Å²) in [5.74, 6) is 0. The Morgan fingerprint density at radius 2 is 0.900 bits per heavy atom. The molecule has 0 unspecified atom stereocenters. The van der Waals surface area contributed by atoms with E-state index in [9.17, 15) is 0 Å². The van der Waals surface area contributed by atoms with Crippen LogP contribution >= 0.6 is 0 Å². The van der Waals surface area contributed by atoms with Crippen LogP contribution in [0.4, 0.5) is 0 Å². The molecule has 20 heavy (non-hydrogen) atoms. The third-order valence-electron chi connectivity index (χ3n) is 4.08. The van der Waals surface area contributed by atoms with Crippen LogP contribution in [0.15, 0.2) is 0 Å². The van der Waals surface area contributed by atoms with E-state index >= 15 is 0 Å². The molecular weight excluding hydrogens is 252 g/mol. The van der Waals surface area contributed by atoms with Gasteiger partial charge < -0.3 is 21.3 Å². The summed E-state index contributed by atoms with van der Waals surface area (Å²) in [7, 11) is 4.35. The molecule has 0 aromatic rings. The van der Waals surface area contributed by atoms with Crippen LogP contribution < -0.4 is 11.5 Å². The van der Waals surface area contributed by atoms with Gasteiger partial charge >= 0.3 is 0 Å². The molecular formula is C14H34N6. The maximum Gasteiger partial charge on any atom is 0.0110 e. The minimum Gasteiger partial charge on any atom is -0.329 e. The summed E-state index contributed by atoms with van der Waals surface area (Å²) in [4.78, 5) is 9.54. The number of piperazine rings is 2. The highest BCUT2D eigenvalue weighted by atomic mass is 15.3. The van der Waals surface area contributed by atoms with Crippen LogP contribution in [0.3, 0.4) is 0 Å². The van der Waals surface area contributed by atoms with Crippen LogP contribution in [0, 0.1) is 0 Å². The molecule has 0 bridgehead atoms. The zero-order valence-electron chi connectivity index (χ0n) is 13.4. The van der Waals surface area contributed by atoms with Crippen molar-refractivity contribution in [3.63, 3.8) is 0 Å². The summed E-state index contributed by atoms with van der Waals surface area (Å²) in [5, 5.41) is 0. The van der Waals surface area contributed by atoms with Crippen LogP contribution in [0.25, 0.3) is 0 Å². The molecule has 0 saturated carbocycles. The Balaban J connectivity index is 0.000000217. The van der Waals surface area contributed by atoms with Crippen molar-refractivity contribution in [1.29, 1.82) is 0 Å². The molecule has 0 aromatic heterocycles. The molecule has 6 nitrogen and oxygen atoms in total. The van der Waals surface area contributed by atoms with Gasteiger partial charge in [0.05, 0.1) is 0 Å². The van der Waals surface area contributed by atoms with Crippen molar-refractivity contribution in [2.45, 2.75) is 0 Å². The third-order valence-corrected chi connectivity index (χ3v) is 4.08. The smallest absolute Gasteiger partial charge is 0.0110 e. The Morgan fingerprint density at radius 1 is 0.600 bits per heavy atom. The Kier molecular flexibility index (Phi) is 9.33. The van der Waals surface area contributed by atoms with Gasteiger partial charge in [-0.3, -0.25) is 9.80 Å². The molecule has 2 aliphatic rings. The summed E-state index contributed by atoms with van der Waals surface area (Å²) in [6.07, 6.45) is 0. The highest BCUT2D eigenvalue weighted by Crippen LogP contribution is 1.99. The summed E-state index contributed by atoms with van der Waals surface area (Å²) in [5.41, 5.74) is 11.0. The van der Waals surface area contributed by atoms with Gasteiger partial charge in [0.1, 0.15) is 0 Å². The fraction of sp³-hybridized carbons (Fsp3) is 1.00. The molecule has 2 rings (SSSR count). The molecule has 2 fully saturated rings. The Hall–Kier alpha value is -0.240.